The Labute approximate surface area is 114 Å². The third-order valence-corrected chi connectivity index (χ3v) is 3.66. The Balaban J connectivity index is 1.95. The zero-order valence-electron chi connectivity index (χ0n) is 11.6. The highest BCUT2D eigenvalue weighted by Crippen LogP contribution is 2.20. The maximum atomic E-state index is 12.2. The van der Waals surface area contributed by atoms with E-state index in [1.165, 1.54) is 0 Å². The average Bonchev–Trinajstić information content (AvgIpc) is 2.48. The molecule has 1 atom stereocenters. The summed E-state index contributed by atoms with van der Waals surface area (Å²) in [6.45, 7) is 3.88. The van der Waals surface area contributed by atoms with E-state index in [2.05, 4.69) is 10.6 Å². The summed E-state index contributed by atoms with van der Waals surface area (Å²) < 4.78 is 5.21. The lowest BCUT2D eigenvalue weighted by Crippen LogP contribution is -2.39. The molecule has 1 fully saturated rings. The number of piperidine rings is 1. The summed E-state index contributed by atoms with van der Waals surface area (Å²) in [5.74, 6) is 1.13. The Bertz CT molecular complexity index is 428. The predicted molar refractivity (Wildman–Crippen MR) is 75.1 cm³/mol. The van der Waals surface area contributed by atoms with Gasteiger partial charge in [0.25, 0.3) is 0 Å². The van der Waals surface area contributed by atoms with Crippen molar-refractivity contribution >= 4 is 5.91 Å². The zero-order chi connectivity index (χ0) is 13.7. The number of benzene rings is 1. The Morgan fingerprint density at radius 1 is 1.42 bits per heavy atom. The second-order valence-electron chi connectivity index (χ2n) is 5.03. The molecule has 0 aliphatic carbocycles. The van der Waals surface area contributed by atoms with Gasteiger partial charge >= 0.3 is 0 Å². The number of hydrogen-bond donors (Lipinski definition) is 2. The van der Waals surface area contributed by atoms with Crippen molar-refractivity contribution in [1.82, 2.24) is 10.6 Å². The highest BCUT2D eigenvalue weighted by atomic mass is 16.5. The first-order valence-electron chi connectivity index (χ1n) is 6.85. The number of rotatable bonds is 4. The minimum absolute atomic E-state index is 0.0116. The Morgan fingerprint density at radius 3 is 2.84 bits per heavy atom. The summed E-state index contributed by atoms with van der Waals surface area (Å²) in [7, 11) is 1.65. The van der Waals surface area contributed by atoms with Gasteiger partial charge in [0.15, 0.2) is 0 Å². The molecule has 1 aliphatic rings. The van der Waals surface area contributed by atoms with E-state index in [4.69, 9.17) is 4.74 Å². The standard InChI is InChI=1S/C15H22N2O2/c1-11(13-4-3-5-14(10-13)19-2)17-15(18)12-6-8-16-9-7-12/h3-5,10-12,16H,6-9H2,1-2H3,(H,17,18). The second-order valence-corrected chi connectivity index (χ2v) is 5.03. The molecule has 0 saturated carbocycles. The maximum absolute atomic E-state index is 12.2. The summed E-state index contributed by atoms with van der Waals surface area (Å²) in [6, 6.07) is 7.84. The van der Waals surface area contributed by atoms with Crippen LogP contribution in [0, 0.1) is 5.92 Å². The number of carbonyl (C=O) groups is 1. The molecule has 4 heteroatoms. The number of hydrogen-bond acceptors (Lipinski definition) is 3. The molecule has 1 amide bonds. The van der Waals surface area contributed by atoms with Gasteiger partial charge in [0.05, 0.1) is 13.2 Å². The third-order valence-electron chi connectivity index (χ3n) is 3.66. The monoisotopic (exact) mass is 262 g/mol. The fourth-order valence-electron chi connectivity index (χ4n) is 2.41. The van der Waals surface area contributed by atoms with Crippen LogP contribution in [0.25, 0.3) is 0 Å². The van der Waals surface area contributed by atoms with Gasteiger partial charge in [-0.05, 0) is 50.6 Å². The minimum atomic E-state index is 0.0116. The van der Waals surface area contributed by atoms with Crippen molar-refractivity contribution in [1.29, 1.82) is 0 Å². The molecule has 1 aromatic carbocycles. The molecular weight excluding hydrogens is 240 g/mol. The smallest absolute Gasteiger partial charge is 0.223 e. The van der Waals surface area contributed by atoms with E-state index >= 15 is 0 Å². The van der Waals surface area contributed by atoms with E-state index in [-0.39, 0.29) is 17.9 Å². The molecule has 1 heterocycles. The highest BCUT2D eigenvalue weighted by Gasteiger charge is 2.22. The summed E-state index contributed by atoms with van der Waals surface area (Å²) in [5, 5.41) is 6.37. The van der Waals surface area contributed by atoms with Crippen LogP contribution in [0.3, 0.4) is 0 Å². The second kappa shape index (κ2) is 6.57. The van der Waals surface area contributed by atoms with Gasteiger partial charge in [-0.15, -0.1) is 0 Å². The average molecular weight is 262 g/mol. The summed E-state index contributed by atoms with van der Waals surface area (Å²) in [6.07, 6.45) is 1.85. The number of carbonyl (C=O) groups excluding carboxylic acids is 1. The van der Waals surface area contributed by atoms with E-state index in [1.54, 1.807) is 7.11 Å². The molecule has 19 heavy (non-hydrogen) atoms. The van der Waals surface area contributed by atoms with Crippen molar-refractivity contribution in [2.24, 2.45) is 5.92 Å². The van der Waals surface area contributed by atoms with Crippen LogP contribution < -0.4 is 15.4 Å². The topological polar surface area (TPSA) is 50.4 Å². The van der Waals surface area contributed by atoms with Crippen LogP contribution in [0.15, 0.2) is 24.3 Å². The maximum Gasteiger partial charge on any atom is 0.223 e. The fourth-order valence-corrected chi connectivity index (χ4v) is 2.41. The summed E-state index contributed by atoms with van der Waals surface area (Å²) in [4.78, 5) is 12.2. The van der Waals surface area contributed by atoms with Gasteiger partial charge in [-0.1, -0.05) is 12.1 Å². The molecule has 0 aromatic heterocycles. The van der Waals surface area contributed by atoms with Crippen molar-refractivity contribution in [3.8, 4) is 5.75 Å². The van der Waals surface area contributed by atoms with Crippen LogP contribution in [-0.2, 0) is 4.79 Å². The van der Waals surface area contributed by atoms with E-state index in [0.29, 0.717) is 0 Å². The minimum Gasteiger partial charge on any atom is -0.497 e. The Kier molecular flexibility index (Phi) is 4.80. The SMILES string of the molecule is COc1cccc(C(C)NC(=O)C2CCNCC2)c1. The van der Waals surface area contributed by atoms with Crippen molar-refractivity contribution in [3.63, 3.8) is 0 Å². The normalized spacial score (nSPS) is 17.8. The number of ether oxygens (including phenoxy) is 1. The van der Waals surface area contributed by atoms with Crippen LogP contribution in [-0.4, -0.2) is 26.1 Å². The fraction of sp³-hybridized carbons (Fsp3) is 0.533. The number of amides is 1. The van der Waals surface area contributed by atoms with Crippen LogP contribution in [0.5, 0.6) is 5.75 Å². The summed E-state index contributed by atoms with van der Waals surface area (Å²) in [5.41, 5.74) is 1.07. The largest absolute Gasteiger partial charge is 0.497 e. The van der Waals surface area contributed by atoms with Crippen molar-refractivity contribution in [3.05, 3.63) is 29.8 Å². The van der Waals surface area contributed by atoms with Gasteiger partial charge in [0.1, 0.15) is 5.75 Å². The first kappa shape index (κ1) is 13.9. The molecule has 104 valence electrons. The molecule has 1 unspecified atom stereocenters. The van der Waals surface area contributed by atoms with E-state index in [9.17, 15) is 4.79 Å². The molecule has 0 bridgehead atoms. The van der Waals surface area contributed by atoms with Crippen molar-refractivity contribution in [2.45, 2.75) is 25.8 Å². The molecule has 4 nitrogen and oxygen atoms in total. The van der Waals surface area contributed by atoms with Gasteiger partial charge < -0.3 is 15.4 Å². The van der Waals surface area contributed by atoms with Gasteiger partial charge in [-0.3, -0.25) is 4.79 Å². The molecule has 2 N–H and O–H groups in total. The lowest BCUT2D eigenvalue weighted by Gasteiger charge is -2.24. The van der Waals surface area contributed by atoms with Crippen LogP contribution >= 0.6 is 0 Å². The van der Waals surface area contributed by atoms with E-state index < -0.39 is 0 Å². The number of methoxy groups -OCH3 is 1. The Morgan fingerprint density at radius 2 is 2.16 bits per heavy atom. The molecule has 2 rings (SSSR count). The van der Waals surface area contributed by atoms with Crippen LogP contribution in [0.1, 0.15) is 31.4 Å². The quantitative estimate of drug-likeness (QED) is 0.871. The van der Waals surface area contributed by atoms with Crippen molar-refractivity contribution in [2.75, 3.05) is 20.2 Å². The van der Waals surface area contributed by atoms with E-state index in [1.807, 2.05) is 31.2 Å². The lowest BCUT2D eigenvalue weighted by molar-refractivity contribution is -0.126. The first-order valence-corrected chi connectivity index (χ1v) is 6.85. The molecule has 1 aromatic rings. The highest BCUT2D eigenvalue weighted by molar-refractivity contribution is 5.79. The van der Waals surface area contributed by atoms with Crippen LogP contribution in [0.2, 0.25) is 0 Å². The first-order chi connectivity index (χ1) is 9.20. The van der Waals surface area contributed by atoms with Crippen LogP contribution in [0.4, 0.5) is 0 Å². The third kappa shape index (κ3) is 3.70. The number of nitrogens with one attached hydrogen (secondary N) is 2. The molecule has 0 radical (unpaired) electrons. The molecule has 0 spiro atoms. The molecule has 1 saturated heterocycles. The van der Waals surface area contributed by atoms with Gasteiger partial charge in [-0.25, -0.2) is 0 Å². The van der Waals surface area contributed by atoms with E-state index in [0.717, 1.165) is 37.2 Å². The van der Waals surface area contributed by atoms with Crippen molar-refractivity contribution < 1.29 is 9.53 Å². The van der Waals surface area contributed by atoms with Gasteiger partial charge in [0, 0.05) is 5.92 Å². The summed E-state index contributed by atoms with van der Waals surface area (Å²) >= 11 is 0. The molecular formula is C15H22N2O2. The molecule has 1 aliphatic heterocycles. The lowest BCUT2D eigenvalue weighted by atomic mass is 9.96. The van der Waals surface area contributed by atoms with Gasteiger partial charge in [0.2, 0.25) is 5.91 Å². The Hall–Kier alpha value is -1.55. The zero-order valence-corrected chi connectivity index (χ0v) is 11.6. The van der Waals surface area contributed by atoms with Gasteiger partial charge in [-0.2, -0.15) is 0 Å². The predicted octanol–water partition coefficient (Wildman–Crippen LogP) is 1.87.